The highest BCUT2D eigenvalue weighted by atomic mass is 16.3. The Hall–Kier alpha value is -0.120. The van der Waals surface area contributed by atoms with Crippen LogP contribution in [0.15, 0.2) is 0 Å². The second-order valence-electron chi connectivity index (χ2n) is 7.85. The largest absolute Gasteiger partial charge is 0.396 e. The number of likely N-dealkylation sites (tertiary alicyclic amines) is 1. The van der Waals surface area contributed by atoms with Crippen molar-refractivity contribution in [2.75, 3.05) is 32.8 Å². The molecule has 2 fully saturated rings. The lowest BCUT2D eigenvalue weighted by Crippen LogP contribution is -2.49. The Balaban J connectivity index is 1.90. The van der Waals surface area contributed by atoms with E-state index in [4.69, 9.17) is 0 Å². The third kappa shape index (κ3) is 5.54. The first-order valence-corrected chi connectivity index (χ1v) is 9.20. The first-order chi connectivity index (χ1) is 10.1. The Bertz CT molecular complexity index is 285. The minimum atomic E-state index is 0.360. The van der Waals surface area contributed by atoms with Crippen molar-refractivity contribution in [3.63, 3.8) is 0 Å². The molecule has 1 heterocycles. The van der Waals surface area contributed by atoms with Crippen LogP contribution in [0.1, 0.15) is 65.2 Å². The number of aliphatic hydroxyl groups is 1. The van der Waals surface area contributed by atoms with Crippen molar-refractivity contribution in [1.82, 2.24) is 10.2 Å². The van der Waals surface area contributed by atoms with Gasteiger partial charge in [-0.05, 0) is 50.0 Å². The zero-order chi connectivity index (χ0) is 15.1. The van der Waals surface area contributed by atoms with Crippen molar-refractivity contribution < 1.29 is 5.11 Å². The standard InChI is InChI=1S/C18H36N2O/c1-16(2)19-14-18(9-4-3-5-10-18)15-20-11-6-7-17(13-20)8-12-21/h16-17,19,21H,3-15H2,1-2H3. The van der Waals surface area contributed by atoms with Crippen LogP contribution in [0.2, 0.25) is 0 Å². The monoisotopic (exact) mass is 296 g/mol. The second-order valence-corrected chi connectivity index (χ2v) is 7.85. The van der Waals surface area contributed by atoms with Gasteiger partial charge < -0.3 is 15.3 Å². The van der Waals surface area contributed by atoms with E-state index >= 15 is 0 Å². The molecule has 0 amide bonds. The van der Waals surface area contributed by atoms with E-state index in [2.05, 4.69) is 24.1 Å². The molecule has 1 unspecified atom stereocenters. The summed E-state index contributed by atoms with van der Waals surface area (Å²) in [5.41, 5.74) is 0.504. The minimum Gasteiger partial charge on any atom is -0.396 e. The quantitative estimate of drug-likeness (QED) is 0.758. The third-order valence-electron chi connectivity index (χ3n) is 5.50. The van der Waals surface area contributed by atoms with Crippen molar-refractivity contribution in [2.45, 2.75) is 71.3 Å². The summed E-state index contributed by atoms with van der Waals surface area (Å²) in [6, 6.07) is 0.590. The lowest BCUT2D eigenvalue weighted by Gasteiger charge is -2.44. The molecule has 1 aliphatic heterocycles. The van der Waals surface area contributed by atoms with Gasteiger partial charge in [-0.2, -0.15) is 0 Å². The molecule has 2 rings (SSSR count). The van der Waals surface area contributed by atoms with Crippen molar-refractivity contribution in [1.29, 1.82) is 0 Å². The first-order valence-electron chi connectivity index (χ1n) is 9.20. The Labute approximate surface area is 131 Å². The van der Waals surface area contributed by atoms with Gasteiger partial charge in [0.05, 0.1) is 0 Å². The van der Waals surface area contributed by atoms with E-state index < -0.39 is 0 Å². The Kier molecular flexibility index (Phi) is 6.97. The van der Waals surface area contributed by atoms with E-state index in [-0.39, 0.29) is 0 Å². The zero-order valence-corrected chi connectivity index (χ0v) is 14.2. The Morgan fingerprint density at radius 3 is 2.62 bits per heavy atom. The summed E-state index contributed by atoms with van der Waals surface area (Å²) in [7, 11) is 0. The van der Waals surface area contributed by atoms with Crippen LogP contribution in [-0.2, 0) is 0 Å². The summed E-state index contributed by atoms with van der Waals surface area (Å²) in [5, 5.41) is 12.9. The van der Waals surface area contributed by atoms with Gasteiger partial charge in [0.1, 0.15) is 0 Å². The number of rotatable bonds is 7. The molecule has 21 heavy (non-hydrogen) atoms. The van der Waals surface area contributed by atoms with Gasteiger partial charge in [0, 0.05) is 32.3 Å². The first kappa shape index (κ1) is 17.2. The van der Waals surface area contributed by atoms with E-state index in [9.17, 15) is 5.11 Å². The molecule has 1 saturated heterocycles. The van der Waals surface area contributed by atoms with E-state index in [0.717, 1.165) is 12.3 Å². The average Bonchev–Trinajstić information content (AvgIpc) is 2.47. The van der Waals surface area contributed by atoms with Gasteiger partial charge in [0.15, 0.2) is 0 Å². The Morgan fingerprint density at radius 2 is 1.95 bits per heavy atom. The molecule has 0 aromatic rings. The van der Waals surface area contributed by atoms with Gasteiger partial charge >= 0.3 is 0 Å². The molecule has 0 spiro atoms. The van der Waals surface area contributed by atoms with E-state index in [0.29, 0.717) is 18.1 Å². The molecule has 0 radical (unpaired) electrons. The van der Waals surface area contributed by atoms with Crippen molar-refractivity contribution in [3.05, 3.63) is 0 Å². The topological polar surface area (TPSA) is 35.5 Å². The molecular formula is C18H36N2O. The summed E-state index contributed by atoms with van der Waals surface area (Å²) in [6.07, 6.45) is 10.7. The van der Waals surface area contributed by atoms with E-state index in [1.54, 1.807) is 0 Å². The summed E-state index contributed by atoms with van der Waals surface area (Å²) in [5.74, 6) is 0.724. The second kappa shape index (κ2) is 8.50. The van der Waals surface area contributed by atoms with Crippen LogP contribution in [0.4, 0.5) is 0 Å². The van der Waals surface area contributed by atoms with Crippen LogP contribution in [0.5, 0.6) is 0 Å². The summed E-state index contributed by atoms with van der Waals surface area (Å²) in [4.78, 5) is 2.71. The van der Waals surface area contributed by atoms with Crippen LogP contribution in [0.3, 0.4) is 0 Å². The van der Waals surface area contributed by atoms with Crippen LogP contribution >= 0.6 is 0 Å². The van der Waals surface area contributed by atoms with Gasteiger partial charge in [0.2, 0.25) is 0 Å². The molecular weight excluding hydrogens is 260 g/mol. The van der Waals surface area contributed by atoms with Gasteiger partial charge in [-0.3, -0.25) is 0 Å². The lowest BCUT2D eigenvalue weighted by atomic mass is 9.73. The van der Waals surface area contributed by atoms with Gasteiger partial charge in [0.25, 0.3) is 0 Å². The number of nitrogens with one attached hydrogen (secondary N) is 1. The van der Waals surface area contributed by atoms with E-state index in [1.165, 1.54) is 71.1 Å². The highest BCUT2D eigenvalue weighted by molar-refractivity contribution is 4.89. The van der Waals surface area contributed by atoms with Crippen LogP contribution < -0.4 is 5.32 Å². The lowest BCUT2D eigenvalue weighted by molar-refractivity contribution is 0.0656. The van der Waals surface area contributed by atoms with Gasteiger partial charge in [-0.15, -0.1) is 0 Å². The molecule has 2 N–H and O–H groups in total. The SMILES string of the molecule is CC(C)NCC1(CN2CCCC(CCO)C2)CCCCC1. The fraction of sp³-hybridized carbons (Fsp3) is 1.00. The van der Waals surface area contributed by atoms with Gasteiger partial charge in [-0.1, -0.05) is 33.1 Å². The highest BCUT2D eigenvalue weighted by Gasteiger charge is 2.35. The minimum absolute atomic E-state index is 0.360. The molecule has 0 bridgehead atoms. The molecule has 1 aliphatic carbocycles. The maximum atomic E-state index is 9.19. The van der Waals surface area contributed by atoms with Crippen molar-refractivity contribution >= 4 is 0 Å². The average molecular weight is 296 g/mol. The normalized spacial score (nSPS) is 27.1. The fourth-order valence-corrected chi connectivity index (χ4v) is 4.30. The molecule has 124 valence electrons. The maximum absolute atomic E-state index is 9.19. The predicted molar refractivity (Wildman–Crippen MR) is 89.5 cm³/mol. The summed E-state index contributed by atoms with van der Waals surface area (Å²) < 4.78 is 0. The number of hydrogen-bond acceptors (Lipinski definition) is 3. The molecule has 1 saturated carbocycles. The number of piperidine rings is 1. The molecule has 1 atom stereocenters. The molecule has 3 heteroatoms. The fourth-order valence-electron chi connectivity index (χ4n) is 4.30. The van der Waals surface area contributed by atoms with Crippen LogP contribution in [0.25, 0.3) is 0 Å². The number of aliphatic hydroxyl groups excluding tert-OH is 1. The summed E-state index contributed by atoms with van der Waals surface area (Å²) >= 11 is 0. The smallest absolute Gasteiger partial charge is 0.0434 e. The summed E-state index contributed by atoms with van der Waals surface area (Å²) in [6.45, 7) is 9.82. The molecule has 0 aromatic carbocycles. The van der Waals surface area contributed by atoms with Crippen LogP contribution in [0, 0.1) is 11.3 Å². The molecule has 0 aromatic heterocycles. The number of hydrogen-bond donors (Lipinski definition) is 2. The maximum Gasteiger partial charge on any atom is 0.0434 e. The van der Waals surface area contributed by atoms with Crippen molar-refractivity contribution in [2.24, 2.45) is 11.3 Å². The van der Waals surface area contributed by atoms with Gasteiger partial charge in [-0.25, -0.2) is 0 Å². The number of nitrogens with zero attached hydrogens (tertiary/aromatic N) is 1. The molecule has 3 nitrogen and oxygen atoms in total. The zero-order valence-electron chi connectivity index (χ0n) is 14.2. The van der Waals surface area contributed by atoms with Crippen LogP contribution in [-0.4, -0.2) is 48.8 Å². The predicted octanol–water partition coefficient (Wildman–Crippen LogP) is 3.03. The third-order valence-corrected chi connectivity index (χ3v) is 5.50. The molecule has 2 aliphatic rings. The highest BCUT2D eigenvalue weighted by Crippen LogP contribution is 2.37. The van der Waals surface area contributed by atoms with E-state index in [1.807, 2.05) is 0 Å². The Morgan fingerprint density at radius 1 is 1.19 bits per heavy atom. The van der Waals surface area contributed by atoms with Crippen molar-refractivity contribution in [3.8, 4) is 0 Å².